The first-order chi connectivity index (χ1) is 6.79. The molecule has 1 atom stereocenters. The molecule has 0 aromatic carbocycles. The molecule has 0 aliphatic heterocycles. The third kappa shape index (κ3) is 3.35. The SMILES string of the molecule is CCOC(=O)[C@@](N)(CCCN)C(F)(F)F. The van der Waals surface area contributed by atoms with Crippen LogP contribution in [0.3, 0.4) is 0 Å². The molecular weight excluding hydrogens is 213 g/mol. The van der Waals surface area contributed by atoms with E-state index in [-0.39, 0.29) is 19.6 Å². The minimum absolute atomic E-state index is 0.00875. The molecule has 0 amide bonds. The summed E-state index contributed by atoms with van der Waals surface area (Å²) < 4.78 is 41.9. The van der Waals surface area contributed by atoms with Crippen molar-refractivity contribution in [3.63, 3.8) is 0 Å². The number of hydrogen-bond acceptors (Lipinski definition) is 4. The molecule has 0 aliphatic rings. The highest BCUT2D eigenvalue weighted by molar-refractivity contribution is 5.81. The second kappa shape index (κ2) is 5.32. The average molecular weight is 228 g/mol. The number of halogens is 3. The van der Waals surface area contributed by atoms with Gasteiger partial charge in [0.2, 0.25) is 5.54 Å². The standard InChI is InChI=1S/C8H15F3N2O2/c1-2-15-6(14)7(13,4-3-5-12)8(9,10)11/h2-5,12-13H2,1H3/t7-/m0/s1. The molecule has 4 nitrogen and oxygen atoms in total. The number of esters is 1. The first-order valence-corrected chi connectivity index (χ1v) is 4.52. The van der Waals surface area contributed by atoms with Crippen molar-refractivity contribution in [3.8, 4) is 0 Å². The van der Waals surface area contributed by atoms with E-state index in [1.54, 1.807) is 0 Å². The summed E-state index contributed by atoms with van der Waals surface area (Å²) in [4.78, 5) is 11.1. The molecule has 0 spiro atoms. The summed E-state index contributed by atoms with van der Waals surface area (Å²) in [7, 11) is 0. The van der Waals surface area contributed by atoms with Gasteiger partial charge in [-0.05, 0) is 26.3 Å². The van der Waals surface area contributed by atoms with E-state index in [1.165, 1.54) is 6.92 Å². The minimum atomic E-state index is -4.82. The third-order valence-corrected chi connectivity index (χ3v) is 1.92. The lowest BCUT2D eigenvalue weighted by molar-refractivity contribution is -0.207. The number of alkyl halides is 3. The topological polar surface area (TPSA) is 78.3 Å². The van der Waals surface area contributed by atoms with Crippen molar-refractivity contribution in [3.05, 3.63) is 0 Å². The van der Waals surface area contributed by atoms with E-state index in [0.717, 1.165) is 0 Å². The first-order valence-electron chi connectivity index (χ1n) is 4.52. The monoisotopic (exact) mass is 228 g/mol. The highest BCUT2D eigenvalue weighted by Crippen LogP contribution is 2.32. The second-order valence-electron chi connectivity index (χ2n) is 3.08. The number of carbonyl (C=O) groups is 1. The molecule has 0 heterocycles. The zero-order valence-electron chi connectivity index (χ0n) is 8.43. The number of nitrogens with two attached hydrogens (primary N) is 2. The predicted octanol–water partition coefficient (Wildman–Crippen LogP) is 0.548. The Hall–Kier alpha value is -0.820. The molecule has 0 aromatic heterocycles. The molecule has 0 aliphatic carbocycles. The van der Waals surface area contributed by atoms with Crippen molar-refractivity contribution in [2.75, 3.05) is 13.2 Å². The van der Waals surface area contributed by atoms with E-state index < -0.39 is 24.1 Å². The smallest absolute Gasteiger partial charge is 0.417 e. The number of carbonyl (C=O) groups excluding carboxylic acids is 1. The molecule has 0 fully saturated rings. The maximum absolute atomic E-state index is 12.5. The average Bonchev–Trinajstić information content (AvgIpc) is 2.12. The molecule has 0 saturated heterocycles. The third-order valence-electron chi connectivity index (χ3n) is 1.92. The quantitative estimate of drug-likeness (QED) is 0.673. The zero-order valence-corrected chi connectivity index (χ0v) is 8.43. The zero-order chi connectivity index (χ0) is 12.1. The van der Waals surface area contributed by atoms with Gasteiger partial charge < -0.3 is 16.2 Å². The molecule has 90 valence electrons. The van der Waals surface area contributed by atoms with Crippen molar-refractivity contribution in [2.45, 2.75) is 31.5 Å². The van der Waals surface area contributed by atoms with E-state index >= 15 is 0 Å². The van der Waals surface area contributed by atoms with Crippen LogP contribution in [0.15, 0.2) is 0 Å². The van der Waals surface area contributed by atoms with E-state index in [4.69, 9.17) is 11.5 Å². The van der Waals surface area contributed by atoms with Crippen LogP contribution < -0.4 is 11.5 Å². The second-order valence-corrected chi connectivity index (χ2v) is 3.08. The summed E-state index contributed by atoms with van der Waals surface area (Å²) in [6.07, 6.45) is -5.38. The predicted molar refractivity (Wildman–Crippen MR) is 47.9 cm³/mol. The Morgan fingerprint density at radius 3 is 2.27 bits per heavy atom. The molecule has 4 N–H and O–H groups in total. The Morgan fingerprint density at radius 2 is 1.93 bits per heavy atom. The largest absolute Gasteiger partial charge is 0.464 e. The van der Waals surface area contributed by atoms with Crippen molar-refractivity contribution >= 4 is 5.97 Å². The molecule has 0 unspecified atom stereocenters. The highest BCUT2D eigenvalue weighted by Gasteiger charge is 2.58. The summed E-state index contributed by atoms with van der Waals surface area (Å²) in [6.45, 7) is 1.31. The molecule has 7 heteroatoms. The molecular formula is C8H15F3N2O2. The van der Waals surface area contributed by atoms with Crippen LogP contribution in [0.5, 0.6) is 0 Å². The fraction of sp³-hybridized carbons (Fsp3) is 0.875. The van der Waals surface area contributed by atoms with Gasteiger partial charge in [0.15, 0.2) is 0 Å². The van der Waals surface area contributed by atoms with Crippen LogP contribution in [0.1, 0.15) is 19.8 Å². The van der Waals surface area contributed by atoms with Crippen LogP contribution in [0, 0.1) is 0 Å². The van der Waals surface area contributed by atoms with Crippen molar-refractivity contribution in [2.24, 2.45) is 11.5 Å². The van der Waals surface area contributed by atoms with Gasteiger partial charge in [-0.3, -0.25) is 0 Å². The highest BCUT2D eigenvalue weighted by atomic mass is 19.4. The van der Waals surface area contributed by atoms with Gasteiger partial charge in [-0.15, -0.1) is 0 Å². The van der Waals surface area contributed by atoms with Gasteiger partial charge in [-0.2, -0.15) is 13.2 Å². The summed E-state index contributed by atoms with van der Waals surface area (Å²) in [6, 6.07) is 0. The Labute approximate surface area is 85.7 Å². The van der Waals surface area contributed by atoms with E-state index in [9.17, 15) is 18.0 Å². The van der Waals surface area contributed by atoms with E-state index in [0.29, 0.717) is 0 Å². The van der Waals surface area contributed by atoms with Gasteiger partial charge in [0.05, 0.1) is 6.61 Å². The van der Waals surface area contributed by atoms with Gasteiger partial charge in [0.25, 0.3) is 0 Å². The molecule has 0 rings (SSSR count). The molecule has 0 saturated carbocycles. The van der Waals surface area contributed by atoms with E-state index in [2.05, 4.69) is 4.74 Å². The van der Waals surface area contributed by atoms with Crippen LogP contribution in [0.25, 0.3) is 0 Å². The Kier molecular flexibility index (Phi) is 5.02. The van der Waals surface area contributed by atoms with Gasteiger partial charge in [-0.25, -0.2) is 4.79 Å². The summed E-state index contributed by atoms with van der Waals surface area (Å²) in [5.41, 5.74) is 7.17. The molecule has 0 aromatic rings. The van der Waals surface area contributed by atoms with Crippen LogP contribution in [-0.4, -0.2) is 30.8 Å². The molecule has 15 heavy (non-hydrogen) atoms. The summed E-state index contributed by atoms with van der Waals surface area (Å²) >= 11 is 0. The number of ether oxygens (including phenoxy) is 1. The fourth-order valence-electron chi connectivity index (χ4n) is 1.00. The maximum Gasteiger partial charge on any atom is 0.417 e. The Balaban J connectivity index is 4.77. The van der Waals surface area contributed by atoms with Crippen LogP contribution in [-0.2, 0) is 9.53 Å². The first kappa shape index (κ1) is 14.2. The normalized spacial score (nSPS) is 15.9. The Bertz CT molecular complexity index is 220. The maximum atomic E-state index is 12.5. The van der Waals surface area contributed by atoms with Crippen LogP contribution in [0.4, 0.5) is 13.2 Å². The summed E-state index contributed by atoms with van der Waals surface area (Å²) in [5, 5.41) is 0. The lowest BCUT2D eigenvalue weighted by Gasteiger charge is -2.29. The fourth-order valence-corrected chi connectivity index (χ4v) is 1.00. The number of hydrogen-bond donors (Lipinski definition) is 2. The van der Waals surface area contributed by atoms with Crippen LogP contribution in [0.2, 0.25) is 0 Å². The van der Waals surface area contributed by atoms with Crippen molar-refractivity contribution in [1.29, 1.82) is 0 Å². The van der Waals surface area contributed by atoms with E-state index in [1.807, 2.05) is 0 Å². The molecule has 0 bridgehead atoms. The van der Waals surface area contributed by atoms with Gasteiger partial charge in [-0.1, -0.05) is 0 Å². The van der Waals surface area contributed by atoms with Gasteiger partial charge >= 0.3 is 12.1 Å². The van der Waals surface area contributed by atoms with Crippen LogP contribution >= 0.6 is 0 Å². The van der Waals surface area contributed by atoms with Crippen molar-refractivity contribution < 1.29 is 22.7 Å². The molecule has 0 radical (unpaired) electrons. The Morgan fingerprint density at radius 1 is 1.40 bits per heavy atom. The van der Waals surface area contributed by atoms with Gasteiger partial charge in [0, 0.05) is 0 Å². The number of rotatable bonds is 5. The lowest BCUT2D eigenvalue weighted by Crippen LogP contribution is -2.60. The van der Waals surface area contributed by atoms with Crippen molar-refractivity contribution in [1.82, 2.24) is 0 Å². The van der Waals surface area contributed by atoms with Gasteiger partial charge in [0.1, 0.15) is 0 Å². The minimum Gasteiger partial charge on any atom is -0.464 e. The lowest BCUT2D eigenvalue weighted by atomic mass is 9.94. The summed E-state index contributed by atoms with van der Waals surface area (Å²) in [5.74, 6) is -1.45.